The third-order valence-corrected chi connectivity index (χ3v) is 5.42. The number of benzene rings is 2. The van der Waals surface area contributed by atoms with Crippen LogP contribution in [0.5, 0.6) is 11.5 Å². The molecule has 2 rings (SSSR count). The van der Waals surface area contributed by atoms with Crippen LogP contribution in [0.1, 0.15) is 24.0 Å². The number of nitro benzene ring substituents is 1. The Labute approximate surface area is 169 Å². The molecule has 9 heteroatoms. The fourth-order valence-corrected chi connectivity index (χ4v) is 4.21. The molecule has 152 valence electrons. The van der Waals surface area contributed by atoms with Gasteiger partial charge in [0.2, 0.25) is 0 Å². The van der Waals surface area contributed by atoms with E-state index in [-0.39, 0.29) is 22.9 Å². The Bertz CT molecular complexity index is 961. The topological polar surface area (TPSA) is 95.7 Å². The summed E-state index contributed by atoms with van der Waals surface area (Å²) >= 11 is 5.88. The molecule has 0 aliphatic carbocycles. The number of ether oxygens (including phenoxy) is 2. The Morgan fingerprint density at radius 2 is 1.89 bits per heavy atom. The van der Waals surface area contributed by atoms with E-state index in [1.807, 2.05) is 6.92 Å². The zero-order valence-electron chi connectivity index (χ0n) is 15.8. The van der Waals surface area contributed by atoms with Gasteiger partial charge in [-0.05, 0) is 37.1 Å². The Kier molecular flexibility index (Phi) is 7.26. The van der Waals surface area contributed by atoms with E-state index in [0.717, 1.165) is 6.26 Å². The normalized spacial score (nSPS) is 12.4. The summed E-state index contributed by atoms with van der Waals surface area (Å²) in [7, 11) is -1.83. The van der Waals surface area contributed by atoms with Crippen LogP contribution in [0.4, 0.5) is 5.69 Å². The zero-order valence-corrected chi connectivity index (χ0v) is 17.4. The summed E-state index contributed by atoms with van der Waals surface area (Å²) in [6.07, 6.45) is 1.31. The standard InChI is InChI=1S/C19H22ClNO6S/c1-4-27-19-10-13(6-8-18(19)26-2)15(12-28(3,24)25)9-14-5-7-16(20)11-17(14)21(22)23/h5-8,10-11,15H,4,9,12H2,1-3H3/t15-/m1/s1. The second-order valence-electron chi connectivity index (χ2n) is 6.37. The van der Waals surface area contributed by atoms with Crippen LogP contribution < -0.4 is 9.47 Å². The van der Waals surface area contributed by atoms with Crippen LogP contribution >= 0.6 is 11.6 Å². The largest absolute Gasteiger partial charge is 0.493 e. The first-order chi connectivity index (χ1) is 13.1. The van der Waals surface area contributed by atoms with Crippen LogP contribution in [0.15, 0.2) is 36.4 Å². The van der Waals surface area contributed by atoms with E-state index in [0.29, 0.717) is 29.2 Å². The molecule has 0 fully saturated rings. The van der Waals surface area contributed by atoms with E-state index in [1.165, 1.54) is 13.2 Å². The first-order valence-electron chi connectivity index (χ1n) is 8.56. The molecular weight excluding hydrogens is 406 g/mol. The van der Waals surface area contributed by atoms with E-state index in [9.17, 15) is 18.5 Å². The van der Waals surface area contributed by atoms with Crippen molar-refractivity contribution in [2.45, 2.75) is 19.3 Å². The van der Waals surface area contributed by atoms with E-state index >= 15 is 0 Å². The van der Waals surface area contributed by atoms with Gasteiger partial charge in [-0.15, -0.1) is 0 Å². The van der Waals surface area contributed by atoms with Crippen LogP contribution in [-0.4, -0.2) is 39.1 Å². The number of nitro groups is 1. The summed E-state index contributed by atoms with van der Waals surface area (Å²) in [5.74, 6) is 0.359. The molecule has 0 heterocycles. The molecular formula is C19H22ClNO6S. The SMILES string of the molecule is CCOc1cc([C@H](Cc2ccc(Cl)cc2[N+](=O)[O-])CS(C)(=O)=O)ccc1OC. The summed E-state index contributed by atoms with van der Waals surface area (Å²) in [5, 5.41) is 11.6. The molecule has 0 aliphatic rings. The second-order valence-corrected chi connectivity index (χ2v) is 8.99. The van der Waals surface area contributed by atoms with Crippen molar-refractivity contribution in [3.05, 3.63) is 62.7 Å². The van der Waals surface area contributed by atoms with Crippen molar-refractivity contribution in [3.63, 3.8) is 0 Å². The van der Waals surface area contributed by atoms with E-state index in [4.69, 9.17) is 21.1 Å². The van der Waals surface area contributed by atoms with Crippen LogP contribution in [0.3, 0.4) is 0 Å². The lowest BCUT2D eigenvalue weighted by molar-refractivity contribution is -0.385. The Morgan fingerprint density at radius 3 is 2.46 bits per heavy atom. The molecule has 7 nitrogen and oxygen atoms in total. The number of hydrogen-bond donors (Lipinski definition) is 0. The lowest BCUT2D eigenvalue weighted by atomic mass is 9.92. The fraction of sp³-hybridized carbons (Fsp3) is 0.368. The summed E-state index contributed by atoms with van der Waals surface area (Å²) in [6, 6.07) is 9.56. The molecule has 0 aromatic heterocycles. The quantitative estimate of drug-likeness (QED) is 0.443. The Hall–Kier alpha value is -2.32. The number of methoxy groups -OCH3 is 1. The van der Waals surface area contributed by atoms with Gasteiger partial charge in [0.15, 0.2) is 11.5 Å². The molecule has 0 saturated heterocycles. The van der Waals surface area contributed by atoms with Gasteiger partial charge in [-0.25, -0.2) is 8.42 Å². The van der Waals surface area contributed by atoms with Gasteiger partial charge in [0, 0.05) is 28.8 Å². The molecule has 0 unspecified atom stereocenters. The molecule has 0 aliphatic heterocycles. The van der Waals surface area contributed by atoms with Gasteiger partial charge in [0.1, 0.15) is 9.84 Å². The maximum atomic E-state index is 12.0. The second kappa shape index (κ2) is 9.25. The van der Waals surface area contributed by atoms with Crippen LogP contribution in [0.2, 0.25) is 5.02 Å². The molecule has 2 aromatic carbocycles. The van der Waals surface area contributed by atoms with Crippen molar-refractivity contribution < 1.29 is 22.8 Å². The number of halogens is 1. The molecule has 0 spiro atoms. The molecule has 2 aromatic rings. The highest BCUT2D eigenvalue weighted by atomic mass is 35.5. The van der Waals surface area contributed by atoms with Crippen molar-refractivity contribution in [1.29, 1.82) is 0 Å². The van der Waals surface area contributed by atoms with Crippen molar-refractivity contribution in [2.24, 2.45) is 0 Å². The molecule has 0 N–H and O–H groups in total. The molecule has 0 radical (unpaired) electrons. The average molecular weight is 428 g/mol. The lowest BCUT2D eigenvalue weighted by Gasteiger charge is -2.19. The van der Waals surface area contributed by atoms with Gasteiger partial charge >= 0.3 is 0 Å². The van der Waals surface area contributed by atoms with Gasteiger partial charge < -0.3 is 9.47 Å². The summed E-state index contributed by atoms with van der Waals surface area (Å²) in [6.45, 7) is 2.25. The molecule has 28 heavy (non-hydrogen) atoms. The zero-order chi connectivity index (χ0) is 20.9. The van der Waals surface area contributed by atoms with Crippen LogP contribution in [-0.2, 0) is 16.3 Å². The van der Waals surface area contributed by atoms with Gasteiger partial charge in [-0.3, -0.25) is 10.1 Å². The minimum Gasteiger partial charge on any atom is -0.493 e. The Balaban J connectivity index is 2.50. The molecule has 1 atom stereocenters. The fourth-order valence-electron chi connectivity index (χ4n) is 3.00. The maximum absolute atomic E-state index is 12.0. The first kappa shape index (κ1) is 22.0. The number of nitrogens with zero attached hydrogens (tertiary/aromatic N) is 1. The Morgan fingerprint density at radius 1 is 1.18 bits per heavy atom. The first-order valence-corrected chi connectivity index (χ1v) is 11.0. The van der Waals surface area contributed by atoms with Gasteiger partial charge in [-0.2, -0.15) is 0 Å². The van der Waals surface area contributed by atoms with Crippen LogP contribution in [0, 0.1) is 10.1 Å². The highest BCUT2D eigenvalue weighted by Gasteiger charge is 2.24. The number of hydrogen-bond acceptors (Lipinski definition) is 6. The third kappa shape index (κ3) is 5.84. The maximum Gasteiger partial charge on any atom is 0.274 e. The van der Waals surface area contributed by atoms with Crippen LogP contribution in [0.25, 0.3) is 0 Å². The molecule has 0 saturated carbocycles. The smallest absolute Gasteiger partial charge is 0.274 e. The number of sulfone groups is 1. The summed E-state index contributed by atoms with van der Waals surface area (Å²) < 4.78 is 34.8. The number of rotatable bonds is 9. The van der Waals surface area contributed by atoms with Gasteiger partial charge in [-0.1, -0.05) is 23.7 Å². The van der Waals surface area contributed by atoms with Crippen molar-refractivity contribution >= 4 is 27.1 Å². The summed E-state index contributed by atoms with van der Waals surface area (Å²) in [4.78, 5) is 10.9. The predicted molar refractivity (Wildman–Crippen MR) is 108 cm³/mol. The predicted octanol–water partition coefficient (Wildman–Crippen LogP) is 4.03. The monoisotopic (exact) mass is 427 g/mol. The van der Waals surface area contributed by atoms with E-state index in [1.54, 1.807) is 30.3 Å². The van der Waals surface area contributed by atoms with E-state index < -0.39 is 20.7 Å². The van der Waals surface area contributed by atoms with Gasteiger partial charge in [0.25, 0.3) is 5.69 Å². The van der Waals surface area contributed by atoms with E-state index in [2.05, 4.69) is 0 Å². The van der Waals surface area contributed by atoms with Crippen molar-refractivity contribution in [2.75, 3.05) is 25.7 Å². The summed E-state index contributed by atoms with van der Waals surface area (Å²) in [5.41, 5.74) is 0.972. The molecule has 0 amide bonds. The minimum atomic E-state index is -3.34. The molecule has 0 bridgehead atoms. The van der Waals surface area contributed by atoms with Crippen molar-refractivity contribution in [3.8, 4) is 11.5 Å². The average Bonchev–Trinajstić information content (AvgIpc) is 2.61. The highest BCUT2D eigenvalue weighted by molar-refractivity contribution is 7.90. The highest BCUT2D eigenvalue weighted by Crippen LogP contribution is 2.34. The third-order valence-electron chi connectivity index (χ3n) is 4.17. The minimum absolute atomic E-state index is 0.135. The van der Waals surface area contributed by atoms with Crippen molar-refractivity contribution in [1.82, 2.24) is 0 Å². The lowest BCUT2D eigenvalue weighted by Crippen LogP contribution is -2.16. The van der Waals surface area contributed by atoms with Gasteiger partial charge in [0.05, 0.1) is 24.4 Å².